The van der Waals surface area contributed by atoms with Crippen LogP contribution in [0.25, 0.3) is 32.9 Å². The molecule has 4 aromatic rings. The number of rotatable bonds is 8. The van der Waals surface area contributed by atoms with Crippen LogP contribution in [0.3, 0.4) is 0 Å². The Labute approximate surface area is 308 Å². The second kappa shape index (κ2) is 14.8. The standard InChI is InChI=1S/C41H47F2N5O5/c1-4-29-31(42)14-9-25-22-27(49)23-30(33(25)29)36-35(43)37-34(39(44-36)51-3)38(47-17-7-20-52-21-19-47)46-40(45-37)53-24-41-15-5-8-32(41)48(18-6-16-41)26-10-12-28(50-2)13-11-26/h1,9,14,22-23,26,28,32,49H,5-8,10-13,15-21,24H2,2-3H3. The lowest BCUT2D eigenvalue weighted by molar-refractivity contribution is -0.0429. The Morgan fingerprint density at radius 2 is 1.79 bits per heavy atom. The van der Waals surface area contributed by atoms with Crippen molar-refractivity contribution in [1.82, 2.24) is 19.9 Å². The summed E-state index contributed by atoms with van der Waals surface area (Å²) in [6, 6.07) is 6.53. The topological polar surface area (TPSA) is 102 Å². The molecule has 2 unspecified atom stereocenters. The quantitative estimate of drug-likeness (QED) is 0.191. The maximum atomic E-state index is 17.2. The Morgan fingerprint density at radius 1 is 0.962 bits per heavy atom. The Morgan fingerprint density at radius 3 is 2.58 bits per heavy atom. The summed E-state index contributed by atoms with van der Waals surface area (Å²) in [6.07, 6.45) is 16.8. The van der Waals surface area contributed by atoms with Crippen LogP contribution < -0.4 is 14.4 Å². The summed E-state index contributed by atoms with van der Waals surface area (Å²) in [7, 11) is 3.27. The van der Waals surface area contributed by atoms with Crippen molar-refractivity contribution < 1.29 is 32.8 Å². The number of anilines is 1. The Balaban J connectivity index is 1.22. The second-order valence-electron chi connectivity index (χ2n) is 15.0. The lowest BCUT2D eigenvalue weighted by atomic mass is 9.74. The molecule has 53 heavy (non-hydrogen) atoms. The molecule has 2 atom stereocenters. The Bertz CT molecular complexity index is 2040. The van der Waals surface area contributed by atoms with E-state index >= 15 is 8.78 Å². The van der Waals surface area contributed by atoms with E-state index in [2.05, 4.69) is 15.8 Å². The van der Waals surface area contributed by atoms with Gasteiger partial charge in [-0.3, -0.25) is 4.90 Å². The highest BCUT2D eigenvalue weighted by molar-refractivity contribution is 6.04. The average molecular weight is 728 g/mol. The fourth-order valence-corrected chi connectivity index (χ4v) is 9.63. The van der Waals surface area contributed by atoms with Gasteiger partial charge in [-0.1, -0.05) is 18.4 Å². The number of hydrogen-bond acceptors (Lipinski definition) is 10. The molecule has 0 spiro atoms. The van der Waals surface area contributed by atoms with E-state index in [1.807, 2.05) is 12.0 Å². The number of halogens is 2. The number of terminal acetylenes is 1. The predicted octanol–water partition coefficient (Wildman–Crippen LogP) is 7.02. The number of aromatic nitrogens is 3. The number of aromatic hydroxyl groups is 1. The number of pyridine rings is 1. The van der Waals surface area contributed by atoms with Gasteiger partial charge in [0.05, 0.1) is 32.0 Å². The number of likely N-dealkylation sites (tertiary alicyclic amines) is 1. The predicted molar refractivity (Wildman–Crippen MR) is 199 cm³/mol. The van der Waals surface area contributed by atoms with Crippen molar-refractivity contribution in [3.8, 4) is 41.2 Å². The van der Waals surface area contributed by atoms with Gasteiger partial charge in [-0.05, 0) is 87.9 Å². The van der Waals surface area contributed by atoms with Crippen molar-refractivity contribution in [3.05, 3.63) is 41.5 Å². The van der Waals surface area contributed by atoms with E-state index < -0.39 is 11.6 Å². The minimum absolute atomic E-state index is 0.0483. The SMILES string of the molecule is C#Cc1c(F)ccc2cc(O)cc(-c3nc(OC)c4c(N5CCCOCC5)nc(OCC56CCCC5N(C5CCC(OC)CC5)CCC6)nc4c3F)c12. The van der Waals surface area contributed by atoms with Crippen LogP contribution >= 0.6 is 0 Å². The van der Waals surface area contributed by atoms with Crippen LogP contribution in [0.5, 0.6) is 17.6 Å². The van der Waals surface area contributed by atoms with Crippen molar-refractivity contribution in [2.75, 3.05) is 58.6 Å². The molecule has 4 fully saturated rings. The molecule has 0 amide bonds. The summed E-state index contributed by atoms with van der Waals surface area (Å²) in [5, 5.41) is 11.7. The monoisotopic (exact) mass is 727 g/mol. The molecular formula is C41H47F2N5O5. The lowest BCUT2D eigenvalue weighted by Crippen LogP contribution is -2.56. The maximum absolute atomic E-state index is 17.2. The summed E-state index contributed by atoms with van der Waals surface area (Å²) in [5.74, 6) is 1.35. The van der Waals surface area contributed by atoms with E-state index in [-0.39, 0.29) is 50.8 Å². The summed E-state index contributed by atoms with van der Waals surface area (Å²) in [6.45, 7) is 3.73. The molecule has 4 aliphatic rings. The largest absolute Gasteiger partial charge is 0.508 e. The Hall–Kier alpha value is -4.31. The smallest absolute Gasteiger partial charge is 0.319 e. The van der Waals surface area contributed by atoms with E-state index in [0.717, 1.165) is 70.8 Å². The molecule has 2 aliphatic heterocycles. The highest BCUT2D eigenvalue weighted by Gasteiger charge is 2.50. The van der Waals surface area contributed by atoms with E-state index in [1.54, 1.807) is 0 Å². The highest BCUT2D eigenvalue weighted by atomic mass is 19.1. The first-order valence-corrected chi connectivity index (χ1v) is 19.0. The first-order valence-electron chi connectivity index (χ1n) is 19.0. The molecule has 12 heteroatoms. The van der Waals surface area contributed by atoms with Crippen LogP contribution in [0.15, 0.2) is 24.3 Å². The van der Waals surface area contributed by atoms with Gasteiger partial charge in [0, 0.05) is 55.3 Å². The number of benzene rings is 2. The molecule has 4 heterocycles. The molecule has 0 bridgehead atoms. The van der Waals surface area contributed by atoms with Crippen LogP contribution in [-0.2, 0) is 9.47 Å². The van der Waals surface area contributed by atoms with E-state index in [0.29, 0.717) is 67.7 Å². The van der Waals surface area contributed by atoms with Crippen molar-refractivity contribution >= 4 is 27.5 Å². The van der Waals surface area contributed by atoms with Gasteiger partial charge in [-0.2, -0.15) is 9.97 Å². The average Bonchev–Trinajstić information content (AvgIpc) is 3.43. The number of phenols is 1. The number of piperidine rings is 1. The lowest BCUT2D eigenvalue weighted by Gasteiger charge is -2.50. The summed E-state index contributed by atoms with van der Waals surface area (Å²) < 4.78 is 56.2. The molecule has 8 rings (SSSR count). The van der Waals surface area contributed by atoms with Crippen molar-refractivity contribution in [2.45, 2.75) is 82.4 Å². The molecule has 0 radical (unpaired) electrons. The van der Waals surface area contributed by atoms with E-state index in [1.165, 1.54) is 31.4 Å². The maximum Gasteiger partial charge on any atom is 0.319 e. The molecular weight excluding hydrogens is 680 g/mol. The van der Waals surface area contributed by atoms with E-state index in [9.17, 15) is 5.11 Å². The zero-order valence-electron chi connectivity index (χ0n) is 30.5. The number of phenolic OH excluding ortho intramolecular Hbond substituents is 1. The fourth-order valence-electron chi connectivity index (χ4n) is 9.63. The van der Waals surface area contributed by atoms with Gasteiger partial charge >= 0.3 is 6.01 Å². The summed E-state index contributed by atoms with van der Waals surface area (Å²) in [5.41, 5.74) is -0.236. The van der Waals surface area contributed by atoms with Crippen LogP contribution in [0, 0.1) is 29.4 Å². The third-order valence-corrected chi connectivity index (χ3v) is 12.2. The van der Waals surface area contributed by atoms with Gasteiger partial charge in [0.1, 0.15) is 34.0 Å². The molecule has 2 saturated carbocycles. The molecule has 2 aromatic heterocycles. The normalized spacial score (nSPS) is 25.3. The number of methoxy groups -OCH3 is 2. The third kappa shape index (κ3) is 6.51. The van der Waals surface area contributed by atoms with Gasteiger partial charge in [-0.15, -0.1) is 6.42 Å². The molecule has 1 N–H and O–H groups in total. The summed E-state index contributed by atoms with van der Waals surface area (Å²) in [4.78, 5) is 19.1. The van der Waals surface area contributed by atoms with Crippen molar-refractivity contribution in [2.24, 2.45) is 5.41 Å². The van der Waals surface area contributed by atoms with Crippen LogP contribution in [-0.4, -0.2) is 96.8 Å². The van der Waals surface area contributed by atoms with E-state index in [4.69, 9.17) is 35.3 Å². The van der Waals surface area contributed by atoms with Crippen LogP contribution in [0.4, 0.5) is 14.6 Å². The minimum Gasteiger partial charge on any atom is -0.508 e. The zero-order chi connectivity index (χ0) is 36.7. The molecule has 280 valence electrons. The van der Waals surface area contributed by atoms with Gasteiger partial charge in [-0.25, -0.2) is 13.8 Å². The fraction of sp³-hybridized carbons (Fsp3) is 0.537. The minimum atomic E-state index is -0.785. The van der Waals surface area contributed by atoms with Crippen molar-refractivity contribution in [3.63, 3.8) is 0 Å². The van der Waals surface area contributed by atoms with Gasteiger partial charge in [0.2, 0.25) is 5.88 Å². The molecule has 2 aromatic carbocycles. The molecule has 2 aliphatic carbocycles. The first-order chi connectivity index (χ1) is 25.8. The third-order valence-electron chi connectivity index (χ3n) is 12.2. The second-order valence-corrected chi connectivity index (χ2v) is 15.0. The van der Waals surface area contributed by atoms with Gasteiger partial charge < -0.3 is 29.0 Å². The number of nitrogens with zero attached hydrogens (tertiary/aromatic N) is 5. The molecule has 2 saturated heterocycles. The highest BCUT2D eigenvalue weighted by Crippen LogP contribution is 2.50. The Kier molecular flexibility index (Phi) is 10.00. The van der Waals surface area contributed by atoms with Gasteiger partial charge in [0.25, 0.3) is 0 Å². The number of fused-ring (bicyclic) bond motifs is 3. The summed E-state index contributed by atoms with van der Waals surface area (Å²) >= 11 is 0. The number of ether oxygens (including phenoxy) is 4. The van der Waals surface area contributed by atoms with Gasteiger partial charge in [0.15, 0.2) is 5.82 Å². The number of hydrogen-bond donors (Lipinski definition) is 1. The van der Waals surface area contributed by atoms with Crippen LogP contribution in [0.2, 0.25) is 0 Å². The zero-order valence-corrected chi connectivity index (χ0v) is 30.5. The van der Waals surface area contributed by atoms with Crippen molar-refractivity contribution in [1.29, 1.82) is 0 Å². The first kappa shape index (κ1) is 35.7. The molecule has 10 nitrogen and oxygen atoms in total. The van der Waals surface area contributed by atoms with Crippen LogP contribution in [0.1, 0.15) is 69.8 Å².